The highest BCUT2D eigenvalue weighted by atomic mass is 79.9. The van der Waals surface area contributed by atoms with Crippen molar-refractivity contribution in [1.29, 1.82) is 0 Å². The highest BCUT2D eigenvalue weighted by Gasteiger charge is 2.27. The van der Waals surface area contributed by atoms with E-state index in [2.05, 4.69) is 26.1 Å². The molecule has 1 aromatic heterocycles. The number of hydrogen-bond acceptors (Lipinski definition) is 4. The molecule has 0 atom stereocenters. The topological polar surface area (TPSA) is 56.7 Å². The van der Waals surface area contributed by atoms with Gasteiger partial charge < -0.3 is 5.84 Å². The van der Waals surface area contributed by atoms with E-state index in [0.29, 0.717) is 5.82 Å². The van der Waals surface area contributed by atoms with Crippen LogP contribution >= 0.6 is 27.7 Å². The molecule has 0 amide bonds. The summed E-state index contributed by atoms with van der Waals surface area (Å²) in [6.07, 6.45) is -5.08. The Labute approximate surface area is 125 Å². The second-order valence-corrected chi connectivity index (χ2v) is 5.79. The molecule has 0 spiro atoms. The van der Waals surface area contributed by atoms with Crippen LogP contribution in [-0.2, 0) is 0 Å². The molecule has 0 saturated heterocycles. The first-order valence-electron chi connectivity index (χ1n) is 5.53. The molecule has 20 heavy (non-hydrogen) atoms. The molecule has 1 heterocycles. The molecule has 0 fully saturated rings. The summed E-state index contributed by atoms with van der Waals surface area (Å²) in [5, 5.41) is 7.98. The largest absolute Gasteiger partial charge is 0.389 e. The molecular formula is C11H10BrF3N4S. The van der Waals surface area contributed by atoms with E-state index in [1.54, 1.807) is 6.07 Å². The van der Waals surface area contributed by atoms with Crippen LogP contribution in [0.3, 0.4) is 0 Å². The van der Waals surface area contributed by atoms with E-state index in [1.807, 2.05) is 18.2 Å². The Hall–Kier alpha value is -1.22. The summed E-state index contributed by atoms with van der Waals surface area (Å²) in [5.74, 6) is 6.07. The lowest BCUT2D eigenvalue weighted by Gasteiger charge is -2.06. The standard InChI is InChI=1S/C11H10BrF3N4S/c12-8-4-2-1-3-7(8)9-17-18-10(19(9)16)20-6-5-11(13,14)15/h1-4H,5-6,16H2. The molecule has 0 saturated carbocycles. The molecule has 0 radical (unpaired) electrons. The molecule has 1 aromatic carbocycles. The van der Waals surface area contributed by atoms with Crippen molar-refractivity contribution in [3.05, 3.63) is 28.7 Å². The van der Waals surface area contributed by atoms with Crippen molar-refractivity contribution in [2.75, 3.05) is 11.6 Å². The van der Waals surface area contributed by atoms with Gasteiger partial charge in [0.1, 0.15) is 0 Å². The van der Waals surface area contributed by atoms with Crippen molar-refractivity contribution in [1.82, 2.24) is 14.9 Å². The molecule has 0 aliphatic rings. The average molecular weight is 367 g/mol. The fourth-order valence-electron chi connectivity index (χ4n) is 1.46. The molecule has 0 unspecified atom stereocenters. The number of nitrogen functional groups attached to an aromatic ring is 1. The Balaban J connectivity index is 2.14. The summed E-state index contributed by atoms with van der Waals surface area (Å²) < 4.78 is 38.2. The number of halogens is 4. The predicted octanol–water partition coefficient (Wildman–Crippen LogP) is 3.47. The maximum atomic E-state index is 12.1. The molecule has 108 valence electrons. The second-order valence-electron chi connectivity index (χ2n) is 3.87. The predicted molar refractivity (Wildman–Crippen MR) is 74.7 cm³/mol. The van der Waals surface area contributed by atoms with E-state index in [0.717, 1.165) is 21.8 Å². The monoisotopic (exact) mass is 366 g/mol. The molecule has 4 nitrogen and oxygen atoms in total. The Morgan fingerprint density at radius 3 is 2.60 bits per heavy atom. The summed E-state index contributed by atoms with van der Waals surface area (Å²) >= 11 is 4.29. The lowest BCUT2D eigenvalue weighted by Crippen LogP contribution is -2.13. The number of alkyl halides is 3. The number of rotatable bonds is 4. The Bertz CT molecular complexity index is 600. The van der Waals surface area contributed by atoms with Gasteiger partial charge in [0.25, 0.3) is 0 Å². The van der Waals surface area contributed by atoms with E-state index >= 15 is 0 Å². The van der Waals surface area contributed by atoms with Crippen LogP contribution < -0.4 is 5.84 Å². The van der Waals surface area contributed by atoms with Crippen molar-refractivity contribution in [3.8, 4) is 11.4 Å². The lowest BCUT2D eigenvalue weighted by atomic mass is 10.2. The maximum absolute atomic E-state index is 12.1. The summed E-state index contributed by atoms with van der Waals surface area (Å²) in [4.78, 5) is 0. The number of aromatic nitrogens is 3. The van der Waals surface area contributed by atoms with Crippen molar-refractivity contribution in [2.45, 2.75) is 17.8 Å². The second kappa shape index (κ2) is 6.04. The molecule has 0 bridgehead atoms. The van der Waals surface area contributed by atoms with Gasteiger partial charge in [0.15, 0.2) is 5.82 Å². The summed E-state index contributed by atoms with van der Waals surface area (Å²) in [7, 11) is 0. The Kier molecular flexibility index (Phi) is 4.59. The number of nitrogens with two attached hydrogens (primary N) is 1. The van der Waals surface area contributed by atoms with Crippen LogP contribution in [0, 0.1) is 0 Å². The molecule has 0 aliphatic carbocycles. The van der Waals surface area contributed by atoms with Gasteiger partial charge in [-0.3, -0.25) is 0 Å². The van der Waals surface area contributed by atoms with E-state index in [1.165, 1.54) is 4.68 Å². The minimum absolute atomic E-state index is 0.144. The van der Waals surface area contributed by atoms with Crippen LogP contribution in [-0.4, -0.2) is 26.8 Å². The van der Waals surface area contributed by atoms with E-state index in [9.17, 15) is 13.2 Å². The number of nitrogens with zero attached hydrogens (tertiary/aromatic N) is 3. The molecule has 9 heteroatoms. The minimum Gasteiger partial charge on any atom is -0.335 e. The third-order valence-electron chi connectivity index (χ3n) is 2.40. The first kappa shape index (κ1) is 15.2. The van der Waals surface area contributed by atoms with E-state index < -0.39 is 12.6 Å². The first-order chi connectivity index (χ1) is 9.38. The number of benzene rings is 1. The van der Waals surface area contributed by atoms with Crippen molar-refractivity contribution in [2.24, 2.45) is 0 Å². The highest BCUT2D eigenvalue weighted by Crippen LogP contribution is 2.29. The Morgan fingerprint density at radius 1 is 1.25 bits per heavy atom. The van der Waals surface area contributed by atoms with Crippen molar-refractivity contribution in [3.63, 3.8) is 0 Å². The fourth-order valence-corrected chi connectivity index (χ4v) is 2.76. The van der Waals surface area contributed by atoms with Crippen LogP contribution in [0.15, 0.2) is 33.9 Å². The third kappa shape index (κ3) is 3.66. The maximum Gasteiger partial charge on any atom is 0.389 e. The van der Waals surface area contributed by atoms with Crippen molar-refractivity contribution >= 4 is 27.7 Å². The fraction of sp³-hybridized carbons (Fsp3) is 0.273. The van der Waals surface area contributed by atoms with Crippen LogP contribution in [0.2, 0.25) is 0 Å². The number of thioether (sulfide) groups is 1. The van der Waals surface area contributed by atoms with Gasteiger partial charge in [0, 0.05) is 15.8 Å². The zero-order valence-electron chi connectivity index (χ0n) is 10.1. The Morgan fingerprint density at radius 2 is 1.95 bits per heavy atom. The van der Waals surface area contributed by atoms with Gasteiger partial charge in [-0.05, 0) is 12.1 Å². The van der Waals surface area contributed by atoms with Crippen LogP contribution in [0.4, 0.5) is 13.2 Å². The first-order valence-corrected chi connectivity index (χ1v) is 7.31. The van der Waals surface area contributed by atoms with Gasteiger partial charge in [-0.1, -0.05) is 39.8 Å². The molecule has 0 aliphatic heterocycles. The molecule has 2 rings (SSSR count). The van der Waals surface area contributed by atoms with E-state index in [4.69, 9.17) is 5.84 Å². The van der Waals surface area contributed by atoms with Crippen molar-refractivity contribution < 1.29 is 13.2 Å². The lowest BCUT2D eigenvalue weighted by molar-refractivity contribution is -0.129. The number of hydrogen-bond donors (Lipinski definition) is 1. The van der Waals surface area contributed by atoms with Crippen LogP contribution in [0.5, 0.6) is 0 Å². The van der Waals surface area contributed by atoms with Crippen LogP contribution in [0.25, 0.3) is 11.4 Å². The van der Waals surface area contributed by atoms with Gasteiger partial charge in [0.2, 0.25) is 5.16 Å². The highest BCUT2D eigenvalue weighted by molar-refractivity contribution is 9.10. The summed E-state index contributed by atoms with van der Waals surface area (Å²) in [6.45, 7) is 0. The van der Waals surface area contributed by atoms with Gasteiger partial charge >= 0.3 is 6.18 Å². The van der Waals surface area contributed by atoms with Gasteiger partial charge in [-0.2, -0.15) is 13.2 Å². The third-order valence-corrected chi connectivity index (χ3v) is 4.03. The smallest absolute Gasteiger partial charge is 0.335 e. The zero-order valence-corrected chi connectivity index (χ0v) is 12.5. The molecule has 2 aromatic rings. The zero-order chi connectivity index (χ0) is 14.8. The SMILES string of the molecule is Nn1c(SCCC(F)(F)F)nnc1-c1ccccc1Br. The minimum atomic E-state index is -4.18. The normalized spacial score (nSPS) is 11.8. The molecular weight excluding hydrogens is 357 g/mol. The summed E-state index contributed by atoms with van der Waals surface area (Å²) in [6, 6.07) is 7.26. The average Bonchev–Trinajstić information content (AvgIpc) is 2.70. The summed E-state index contributed by atoms with van der Waals surface area (Å²) in [5.41, 5.74) is 0.727. The van der Waals surface area contributed by atoms with Gasteiger partial charge in [-0.15, -0.1) is 10.2 Å². The van der Waals surface area contributed by atoms with Gasteiger partial charge in [0.05, 0.1) is 6.42 Å². The molecule has 2 N–H and O–H groups in total. The van der Waals surface area contributed by atoms with Gasteiger partial charge in [-0.25, -0.2) is 4.68 Å². The van der Waals surface area contributed by atoms with E-state index in [-0.39, 0.29) is 10.9 Å². The van der Waals surface area contributed by atoms with Crippen LogP contribution in [0.1, 0.15) is 6.42 Å². The quantitative estimate of drug-likeness (QED) is 0.664.